The van der Waals surface area contributed by atoms with Crippen LogP contribution < -0.4 is 16.0 Å². The standard InChI is InChI=1S/C12H16ClN3O/c13-10-5-1-2-6-11(10)16-12(17)15-9-4-3-7-14-8-9/h1-2,5-6,9,14H,3-4,7-8H2,(H2,15,16,17). The third-order valence-corrected chi connectivity index (χ3v) is 3.08. The van der Waals surface area contributed by atoms with Gasteiger partial charge < -0.3 is 16.0 Å². The van der Waals surface area contributed by atoms with E-state index in [1.54, 1.807) is 12.1 Å². The molecule has 0 aliphatic carbocycles. The van der Waals surface area contributed by atoms with E-state index in [1.807, 2.05) is 12.1 Å². The molecule has 1 unspecified atom stereocenters. The number of piperidine rings is 1. The lowest BCUT2D eigenvalue weighted by molar-refractivity contribution is 0.245. The first-order chi connectivity index (χ1) is 8.25. The topological polar surface area (TPSA) is 53.2 Å². The van der Waals surface area contributed by atoms with Crippen LogP contribution in [-0.4, -0.2) is 25.2 Å². The van der Waals surface area contributed by atoms with Crippen molar-refractivity contribution in [1.29, 1.82) is 0 Å². The van der Waals surface area contributed by atoms with Crippen molar-refractivity contribution in [2.24, 2.45) is 0 Å². The summed E-state index contributed by atoms with van der Waals surface area (Å²) in [5, 5.41) is 9.46. The lowest BCUT2D eigenvalue weighted by Crippen LogP contribution is -2.47. The van der Waals surface area contributed by atoms with Gasteiger partial charge in [-0.3, -0.25) is 0 Å². The Labute approximate surface area is 106 Å². The zero-order valence-electron chi connectivity index (χ0n) is 9.50. The molecular formula is C12H16ClN3O. The second-order valence-corrected chi connectivity index (χ2v) is 4.53. The molecule has 1 aromatic rings. The summed E-state index contributed by atoms with van der Waals surface area (Å²) in [4.78, 5) is 11.7. The molecule has 2 amide bonds. The molecule has 1 fully saturated rings. The zero-order chi connectivity index (χ0) is 12.1. The summed E-state index contributed by atoms with van der Waals surface area (Å²) in [6, 6.07) is 7.19. The molecule has 0 bridgehead atoms. The van der Waals surface area contributed by atoms with Gasteiger partial charge in [0.2, 0.25) is 0 Å². The molecule has 1 atom stereocenters. The number of nitrogens with one attached hydrogen (secondary N) is 3. The Balaban J connectivity index is 1.86. The van der Waals surface area contributed by atoms with Gasteiger partial charge in [0.25, 0.3) is 0 Å². The Morgan fingerprint density at radius 3 is 2.94 bits per heavy atom. The van der Waals surface area contributed by atoms with E-state index >= 15 is 0 Å². The molecule has 0 saturated carbocycles. The number of hydrogen-bond donors (Lipinski definition) is 3. The summed E-state index contributed by atoms with van der Waals surface area (Å²) in [5.74, 6) is 0. The van der Waals surface area contributed by atoms with Gasteiger partial charge in [0.15, 0.2) is 0 Å². The van der Waals surface area contributed by atoms with Crippen molar-refractivity contribution in [3.05, 3.63) is 29.3 Å². The van der Waals surface area contributed by atoms with E-state index in [1.165, 1.54) is 0 Å². The van der Waals surface area contributed by atoms with E-state index in [4.69, 9.17) is 11.6 Å². The predicted octanol–water partition coefficient (Wildman–Crippen LogP) is 2.21. The van der Waals surface area contributed by atoms with E-state index in [9.17, 15) is 4.79 Å². The number of halogens is 1. The fraction of sp³-hybridized carbons (Fsp3) is 0.417. The van der Waals surface area contributed by atoms with Gasteiger partial charge in [0.1, 0.15) is 0 Å². The third kappa shape index (κ3) is 3.61. The normalized spacial score (nSPS) is 19.7. The first kappa shape index (κ1) is 12.2. The minimum atomic E-state index is -0.202. The number of para-hydroxylation sites is 1. The Morgan fingerprint density at radius 2 is 2.24 bits per heavy atom. The number of amides is 2. The molecule has 5 heteroatoms. The lowest BCUT2D eigenvalue weighted by Gasteiger charge is -2.23. The van der Waals surface area contributed by atoms with Crippen LogP contribution in [0.5, 0.6) is 0 Å². The van der Waals surface area contributed by atoms with Crippen molar-refractivity contribution in [3.8, 4) is 0 Å². The zero-order valence-corrected chi connectivity index (χ0v) is 10.3. The van der Waals surface area contributed by atoms with E-state index < -0.39 is 0 Å². The highest BCUT2D eigenvalue weighted by atomic mass is 35.5. The monoisotopic (exact) mass is 253 g/mol. The SMILES string of the molecule is O=C(Nc1ccccc1Cl)NC1CCCNC1. The molecule has 4 nitrogen and oxygen atoms in total. The molecule has 1 aromatic carbocycles. The Kier molecular flexibility index (Phi) is 4.23. The predicted molar refractivity (Wildman–Crippen MR) is 69.5 cm³/mol. The van der Waals surface area contributed by atoms with E-state index in [0.29, 0.717) is 10.7 Å². The summed E-state index contributed by atoms with van der Waals surface area (Å²) < 4.78 is 0. The van der Waals surface area contributed by atoms with Gasteiger partial charge in [0, 0.05) is 12.6 Å². The molecule has 0 spiro atoms. The average Bonchev–Trinajstić information content (AvgIpc) is 2.33. The molecule has 17 heavy (non-hydrogen) atoms. The van der Waals surface area contributed by atoms with E-state index in [0.717, 1.165) is 25.9 Å². The minimum absolute atomic E-state index is 0.200. The summed E-state index contributed by atoms with van der Waals surface area (Å²) in [6.07, 6.45) is 2.11. The number of carbonyl (C=O) groups excluding carboxylic acids is 1. The highest BCUT2D eigenvalue weighted by Gasteiger charge is 2.15. The first-order valence-corrected chi connectivity index (χ1v) is 6.16. The summed E-state index contributed by atoms with van der Waals surface area (Å²) in [6.45, 7) is 1.86. The largest absolute Gasteiger partial charge is 0.334 e. The summed E-state index contributed by atoms with van der Waals surface area (Å²) in [5.41, 5.74) is 0.635. The Hall–Kier alpha value is -1.26. The van der Waals surface area contributed by atoms with Crippen LogP contribution in [0.15, 0.2) is 24.3 Å². The lowest BCUT2D eigenvalue weighted by atomic mass is 10.1. The molecule has 0 radical (unpaired) electrons. The Morgan fingerprint density at radius 1 is 1.41 bits per heavy atom. The number of rotatable bonds is 2. The highest BCUT2D eigenvalue weighted by Crippen LogP contribution is 2.20. The van der Waals surface area contributed by atoms with Crippen molar-refractivity contribution in [2.45, 2.75) is 18.9 Å². The van der Waals surface area contributed by atoms with E-state index in [2.05, 4.69) is 16.0 Å². The second-order valence-electron chi connectivity index (χ2n) is 4.12. The van der Waals surface area contributed by atoms with Gasteiger partial charge in [-0.1, -0.05) is 23.7 Å². The van der Waals surface area contributed by atoms with Gasteiger partial charge >= 0.3 is 6.03 Å². The molecule has 0 aromatic heterocycles. The molecular weight excluding hydrogens is 238 g/mol. The molecule has 1 heterocycles. The van der Waals surface area contributed by atoms with Crippen molar-refractivity contribution in [2.75, 3.05) is 18.4 Å². The number of benzene rings is 1. The summed E-state index contributed by atoms with van der Waals surface area (Å²) in [7, 11) is 0. The molecule has 3 N–H and O–H groups in total. The van der Waals surface area contributed by atoms with Gasteiger partial charge in [-0.15, -0.1) is 0 Å². The maximum absolute atomic E-state index is 11.7. The molecule has 1 aliphatic rings. The second kappa shape index (κ2) is 5.89. The van der Waals surface area contributed by atoms with Crippen LogP contribution in [0, 0.1) is 0 Å². The average molecular weight is 254 g/mol. The molecule has 2 rings (SSSR count). The van der Waals surface area contributed by atoms with Gasteiger partial charge in [-0.2, -0.15) is 0 Å². The summed E-state index contributed by atoms with van der Waals surface area (Å²) >= 11 is 5.96. The van der Waals surface area contributed by atoms with Crippen molar-refractivity contribution >= 4 is 23.3 Å². The van der Waals surface area contributed by atoms with Crippen LogP contribution in [0.3, 0.4) is 0 Å². The van der Waals surface area contributed by atoms with Crippen LogP contribution in [-0.2, 0) is 0 Å². The number of carbonyl (C=O) groups is 1. The van der Waals surface area contributed by atoms with Crippen molar-refractivity contribution in [3.63, 3.8) is 0 Å². The van der Waals surface area contributed by atoms with Gasteiger partial charge in [0.05, 0.1) is 10.7 Å². The number of urea groups is 1. The molecule has 1 aliphatic heterocycles. The van der Waals surface area contributed by atoms with Crippen molar-refractivity contribution < 1.29 is 4.79 Å². The Bertz CT molecular complexity index is 391. The van der Waals surface area contributed by atoms with Crippen LogP contribution in [0.25, 0.3) is 0 Å². The quantitative estimate of drug-likeness (QED) is 0.757. The van der Waals surface area contributed by atoms with Gasteiger partial charge in [-0.05, 0) is 31.5 Å². The number of anilines is 1. The molecule has 92 valence electrons. The maximum atomic E-state index is 11.7. The minimum Gasteiger partial charge on any atom is -0.334 e. The fourth-order valence-electron chi connectivity index (χ4n) is 1.88. The van der Waals surface area contributed by atoms with E-state index in [-0.39, 0.29) is 12.1 Å². The van der Waals surface area contributed by atoms with Crippen molar-refractivity contribution in [1.82, 2.24) is 10.6 Å². The van der Waals surface area contributed by atoms with Crippen LogP contribution in [0.2, 0.25) is 5.02 Å². The fourth-order valence-corrected chi connectivity index (χ4v) is 2.06. The van der Waals surface area contributed by atoms with Crippen LogP contribution >= 0.6 is 11.6 Å². The smallest absolute Gasteiger partial charge is 0.319 e. The van der Waals surface area contributed by atoms with Gasteiger partial charge in [-0.25, -0.2) is 4.79 Å². The van der Waals surface area contributed by atoms with Crippen LogP contribution in [0.1, 0.15) is 12.8 Å². The highest BCUT2D eigenvalue weighted by molar-refractivity contribution is 6.33. The van der Waals surface area contributed by atoms with Crippen LogP contribution in [0.4, 0.5) is 10.5 Å². The number of hydrogen-bond acceptors (Lipinski definition) is 2. The third-order valence-electron chi connectivity index (χ3n) is 2.75. The first-order valence-electron chi connectivity index (χ1n) is 5.78. The molecule has 1 saturated heterocycles. The maximum Gasteiger partial charge on any atom is 0.319 e.